The van der Waals surface area contributed by atoms with Crippen molar-refractivity contribution in [3.05, 3.63) is 53.6 Å². The number of nitrogens with zero attached hydrogens (tertiary/aromatic N) is 4. The van der Waals surface area contributed by atoms with Crippen LogP contribution >= 0.6 is 0 Å². The first-order valence-corrected chi connectivity index (χ1v) is 15.6. The van der Waals surface area contributed by atoms with Gasteiger partial charge in [-0.3, -0.25) is 9.59 Å². The molecule has 2 aromatic rings. The van der Waals surface area contributed by atoms with Crippen LogP contribution in [0.2, 0.25) is 0 Å². The SMILES string of the molecule is CCN1CCN(C(=O)C2(c3ccccc3)CCN(CC[C@@H](C)CN(C)C(=O)c3cc(OC)c(OC)c(OC)c3)CC2)CC1. The zero-order valence-electron chi connectivity index (χ0n) is 26.9. The third-order valence-electron chi connectivity index (χ3n) is 9.33. The van der Waals surface area contributed by atoms with Gasteiger partial charge in [0.2, 0.25) is 11.7 Å². The molecule has 2 aliphatic heterocycles. The number of likely N-dealkylation sites (N-methyl/N-ethyl adjacent to an activating group) is 1. The second-order valence-electron chi connectivity index (χ2n) is 12.0. The van der Waals surface area contributed by atoms with Gasteiger partial charge in [-0.1, -0.05) is 44.2 Å². The maximum atomic E-state index is 14.1. The number of likely N-dealkylation sites (tertiary alicyclic amines) is 1. The van der Waals surface area contributed by atoms with Gasteiger partial charge in [0.25, 0.3) is 5.91 Å². The Hall–Kier alpha value is -3.30. The van der Waals surface area contributed by atoms with Crippen LogP contribution in [0.25, 0.3) is 0 Å². The molecule has 2 aromatic carbocycles. The Morgan fingerprint density at radius 2 is 1.49 bits per heavy atom. The fourth-order valence-electron chi connectivity index (χ4n) is 6.58. The van der Waals surface area contributed by atoms with E-state index in [-0.39, 0.29) is 5.91 Å². The van der Waals surface area contributed by atoms with Gasteiger partial charge in [0.05, 0.1) is 26.7 Å². The molecular weight excluding hydrogens is 544 g/mol. The van der Waals surface area contributed by atoms with Crippen molar-refractivity contribution in [2.75, 3.05) is 87.3 Å². The van der Waals surface area contributed by atoms with E-state index < -0.39 is 5.41 Å². The molecule has 0 unspecified atom stereocenters. The number of rotatable bonds is 12. The molecule has 9 heteroatoms. The van der Waals surface area contributed by atoms with Crippen molar-refractivity contribution in [2.24, 2.45) is 5.92 Å². The standard InChI is InChI=1S/C34H50N4O5/c1-7-36-19-21-38(22-20-36)33(40)34(28-11-9-8-10-12-28)14-17-37(18-15-34)16-13-26(2)25-35(3)32(39)27-23-29(41-4)31(43-6)30(24-27)42-5/h8-12,23-24,26H,7,13-22,25H2,1-6H3/t26-/m1/s1. The number of hydrogen-bond donors (Lipinski definition) is 0. The number of piperazine rings is 1. The van der Waals surface area contributed by atoms with E-state index in [0.29, 0.717) is 41.2 Å². The van der Waals surface area contributed by atoms with Gasteiger partial charge in [-0.15, -0.1) is 0 Å². The lowest BCUT2D eigenvalue weighted by molar-refractivity contribution is -0.141. The monoisotopic (exact) mass is 594 g/mol. The summed E-state index contributed by atoms with van der Waals surface area (Å²) in [5.74, 6) is 1.92. The van der Waals surface area contributed by atoms with Crippen LogP contribution in [0.4, 0.5) is 0 Å². The van der Waals surface area contributed by atoms with Crippen LogP contribution < -0.4 is 14.2 Å². The first-order chi connectivity index (χ1) is 20.8. The van der Waals surface area contributed by atoms with Gasteiger partial charge in [0.1, 0.15) is 0 Å². The molecule has 43 heavy (non-hydrogen) atoms. The molecule has 2 amide bonds. The summed E-state index contributed by atoms with van der Waals surface area (Å²) in [6.07, 6.45) is 2.63. The highest BCUT2D eigenvalue weighted by Gasteiger charge is 2.45. The summed E-state index contributed by atoms with van der Waals surface area (Å²) in [5, 5.41) is 0. The van der Waals surface area contributed by atoms with E-state index in [9.17, 15) is 9.59 Å². The van der Waals surface area contributed by atoms with Crippen molar-refractivity contribution in [2.45, 2.75) is 38.5 Å². The number of piperidine rings is 1. The summed E-state index contributed by atoms with van der Waals surface area (Å²) >= 11 is 0. The van der Waals surface area contributed by atoms with E-state index in [4.69, 9.17) is 14.2 Å². The van der Waals surface area contributed by atoms with E-state index in [1.807, 2.05) is 13.1 Å². The van der Waals surface area contributed by atoms with Crippen molar-refractivity contribution in [3.63, 3.8) is 0 Å². The zero-order valence-corrected chi connectivity index (χ0v) is 26.9. The Morgan fingerprint density at radius 1 is 0.884 bits per heavy atom. The number of hydrogen-bond acceptors (Lipinski definition) is 7. The molecule has 0 aliphatic carbocycles. The highest BCUT2D eigenvalue weighted by molar-refractivity contribution is 5.95. The fourth-order valence-corrected chi connectivity index (χ4v) is 6.58. The number of benzene rings is 2. The molecule has 0 aromatic heterocycles. The van der Waals surface area contributed by atoms with Gasteiger partial charge in [0.15, 0.2) is 11.5 Å². The lowest BCUT2D eigenvalue weighted by atomic mass is 9.71. The average Bonchev–Trinajstić information content (AvgIpc) is 3.06. The summed E-state index contributed by atoms with van der Waals surface area (Å²) in [7, 11) is 6.48. The van der Waals surface area contributed by atoms with Crippen LogP contribution in [0.1, 0.15) is 49.0 Å². The molecule has 0 N–H and O–H groups in total. The molecule has 2 saturated heterocycles. The summed E-state index contributed by atoms with van der Waals surface area (Å²) in [5.41, 5.74) is 1.20. The smallest absolute Gasteiger partial charge is 0.253 e. The number of methoxy groups -OCH3 is 3. The van der Waals surface area contributed by atoms with Crippen LogP contribution in [0, 0.1) is 5.92 Å². The summed E-state index contributed by atoms with van der Waals surface area (Å²) < 4.78 is 16.3. The summed E-state index contributed by atoms with van der Waals surface area (Å²) in [6.45, 7) is 12.3. The molecule has 0 spiro atoms. The highest BCUT2D eigenvalue weighted by Crippen LogP contribution is 2.39. The van der Waals surface area contributed by atoms with Crippen molar-refractivity contribution in [3.8, 4) is 17.2 Å². The minimum Gasteiger partial charge on any atom is -0.493 e. The normalized spacial score (nSPS) is 18.1. The topological polar surface area (TPSA) is 74.8 Å². The predicted octanol–water partition coefficient (Wildman–Crippen LogP) is 4.01. The Bertz CT molecular complexity index is 1180. The lowest BCUT2D eigenvalue weighted by Crippen LogP contribution is -2.57. The van der Waals surface area contributed by atoms with E-state index in [2.05, 4.69) is 52.8 Å². The molecule has 0 radical (unpaired) electrons. The first-order valence-electron chi connectivity index (χ1n) is 15.6. The molecule has 0 saturated carbocycles. The van der Waals surface area contributed by atoms with Crippen molar-refractivity contribution >= 4 is 11.8 Å². The van der Waals surface area contributed by atoms with Gasteiger partial charge in [-0.2, -0.15) is 0 Å². The van der Waals surface area contributed by atoms with Crippen LogP contribution in [0.15, 0.2) is 42.5 Å². The maximum absolute atomic E-state index is 14.1. The molecule has 0 bridgehead atoms. The summed E-state index contributed by atoms with van der Waals surface area (Å²) in [6, 6.07) is 13.8. The van der Waals surface area contributed by atoms with Gasteiger partial charge in [0, 0.05) is 45.3 Å². The van der Waals surface area contributed by atoms with Crippen molar-refractivity contribution in [1.29, 1.82) is 0 Å². The van der Waals surface area contributed by atoms with E-state index in [0.717, 1.165) is 77.2 Å². The second kappa shape index (κ2) is 14.9. The van der Waals surface area contributed by atoms with Gasteiger partial charge in [-0.25, -0.2) is 0 Å². The number of amides is 2. The van der Waals surface area contributed by atoms with Gasteiger partial charge < -0.3 is 33.8 Å². The lowest BCUT2D eigenvalue weighted by Gasteiger charge is -2.45. The third-order valence-corrected chi connectivity index (χ3v) is 9.33. The number of carbonyl (C=O) groups is 2. The molecular formula is C34H50N4O5. The minimum atomic E-state index is -0.453. The Kier molecular flexibility index (Phi) is 11.3. The average molecular weight is 595 g/mol. The highest BCUT2D eigenvalue weighted by atomic mass is 16.5. The molecule has 236 valence electrons. The molecule has 2 heterocycles. The molecule has 2 fully saturated rings. The zero-order chi connectivity index (χ0) is 31.0. The van der Waals surface area contributed by atoms with E-state index in [1.54, 1.807) is 38.4 Å². The fraction of sp³-hybridized carbons (Fsp3) is 0.588. The summed E-state index contributed by atoms with van der Waals surface area (Å²) in [4.78, 5) is 36.1. The third kappa shape index (κ3) is 7.44. The van der Waals surface area contributed by atoms with Crippen LogP contribution in [0.3, 0.4) is 0 Å². The molecule has 9 nitrogen and oxygen atoms in total. The molecule has 4 rings (SSSR count). The van der Waals surface area contributed by atoms with Crippen LogP contribution in [-0.4, -0.2) is 119 Å². The van der Waals surface area contributed by atoms with Crippen LogP contribution in [0.5, 0.6) is 17.2 Å². The number of ether oxygens (including phenoxy) is 3. The Labute approximate surface area is 257 Å². The van der Waals surface area contributed by atoms with Gasteiger partial charge in [-0.05, 0) is 69.1 Å². The quantitative estimate of drug-likeness (QED) is 0.368. The first kappa shape index (κ1) is 32.6. The molecule has 2 aliphatic rings. The minimum absolute atomic E-state index is 0.0880. The Morgan fingerprint density at radius 3 is 2.02 bits per heavy atom. The molecule has 1 atom stereocenters. The number of carbonyl (C=O) groups excluding carboxylic acids is 2. The predicted molar refractivity (Wildman–Crippen MR) is 169 cm³/mol. The van der Waals surface area contributed by atoms with E-state index in [1.165, 1.54) is 0 Å². The van der Waals surface area contributed by atoms with E-state index >= 15 is 0 Å². The Balaban J connectivity index is 1.33. The largest absolute Gasteiger partial charge is 0.493 e. The van der Waals surface area contributed by atoms with Gasteiger partial charge >= 0.3 is 0 Å². The van der Waals surface area contributed by atoms with Crippen molar-refractivity contribution < 1.29 is 23.8 Å². The maximum Gasteiger partial charge on any atom is 0.253 e. The van der Waals surface area contributed by atoms with Crippen LogP contribution in [-0.2, 0) is 10.2 Å². The second-order valence-corrected chi connectivity index (χ2v) is 12.0. The van der Waals surface area contributed by atoms with Crippen molar-refractivity contribution in [1.82, 2.24) is 19.6 Å².